The molecule has 0 aromatic carbocycles. The van der Waals surface area contributed by atoms with Crippen molar-refractivity contribution in [3.8, 4) is 0 Å². The van der Waals surface area contributed by atoms with Crippen molar-refractivity contribution >= 4 is 6.29 Å². The predicted molar refractivity (Wildman–Crippen MR) is 33.4 cm³/mol. The smallest absolute Gasteiger partial charge is 0.217 e. The van der Waals surface area contributed by atoms with Crippen LogP contribution in [0.5, 0.6) is 0 Å². The maximum Gasteiger partial charge on any atom is 0.217 e. The van der Waals surface area contributed by atoms with Crippen LogP contribution in [0.1, 0.15) is 6.42 Å². The van der Waals surface area contributed by atoms with E-state index in [1.54, 1.807) is 13.1 Å². The second kappa shape index (κ2) is 4.53. The van der Waals surface area contributed by atoms with E-state index in [1.165, 1.54) is 0 Å². The standard InChI is InChI=1S/C6H10NO/c1-3-4-6(5-8)7-2/h3,6-7H,1,4H2,2H3. The molecule has 8 heavy (non-hydrogen) atoms. The lowest BCUT2D eigenvalue weighted by Gasteiger charge is -2.00. The zero-order valence-electron chi connectivity index (χ0n) is 4.98. The van der Waals surface area contributed by atoms with Crippen molar-refractivity contribution in [3.05, 3.63) is 12.7 Å². The van der Waals surface area contributed by atoms with E-state index in [2.05, 4.69) is 11.9 Å². The lowest BCUT2D eigenvalue weighted by Crippen LogP contribution is -2.25. The number of hydrogen-bond acceptors (Lipinski definition) is 2. The minimum absolute atomic E-state index is 0.174. The van der Waals surface area contributed by atoms with Gasteiger partial charge in [-0.05, 0) is 13.5 Å². The summed E-state index contributed by atoms with van der Waals surface area (Å²) in [6.07, 6.45) is 4.16. The van der Waals surface area contributed by atoms with E-state index in [0.29, 0.717) is 6.42 Å². The fourth-order valence-electron chi connectivity index (χ4n) is 0.392. The van der Waals surface area contributed by atoms with Crippen molar-refractivity contribution < 1.29 is 4.79 Å². The number of carbonyl (C=O) groups excluding carboxylic acids is 1. The number of nitrogens with one attached hydrogen (secondary N) is 1. The fraction of sp³-hybridized carbons (Fsp3) is 0.500. The molecule has 1 N–H and O–H groups in total. The summed E-state index contributed by atoms with van der Waals surface area (Å²) in [5, 5.41) is 2.76. The van der Waals surface area contributed by atoms with E-state index in [0.717, 1.165) is 0 Å². The minimum Gasteiger partial charge on any atom is -0.310 e. The molecule has 2 nitrogen and oxygen atoms in total. The number of hydrogen-bond donors (Lipinski definition) is 1. The number of likely N-dealkylation sites (N-methyl/N-ethyl adjacent to an activating group) is 1. The first-order chi connectivity index (χ1) is 3.85. The van der Waals surface area contributed by atoms with E-state index in [4.69, 9.17) is 0 Å². The molecule has 0 aliphatic carbocycles. The average Bonchev–Trinajstić information content (AvgIpc) is 1.83. The Morgan fingerprint density at radius 3 is 2.75 bits per heavy atom. The van der Waals surface area contributed by atoms with Crippen LogP contribution in [0.2, 0.25) is 0 Å². The molecule has 0 fully saturated rings. The van der Waals surface area contributed by atoms with Gasteiger partial charge in [0.15, 0.2) is 0 Å². The Hall–Kier alpha value is -0.630. The molecule has 0 amide bonds. The van der Waals surface area contributed by atoms with Gasteiger partial charge in [-0.15, -0.1) is 6.58 Å². The molecular formula is C6H10NO. The molecular weight excluding hydrogens is 102 g/mol. The molecule has 0 rings (SSSR count). The SMILES string of the molecule is C=CCC([C]=O)NC. The van der Waals surface area contributed by atoms with Crippen LogP contribution < -0.4 is 5.32 Å². The van der Waals surface area contributed by atoms with E-state index < -0.39 is 0 Å². The molecule has 0 heterocycles. The highest BCUT2D eigenvalue weighted by Gasteiger charge is 1.98. The Kier molecular flexibility index (Phi) is 4.17. The van der Waals surface area contributed by atoms with Gasteiger partial charge in [-0.25, -0.2) is 0 Å². The quantitative estimate of drug-likeness (QED) is 0.528. The normalized spacial score (nSPS) is 12.6. The minimum atomic E-state index is -0.174. The molecule has 1 atom stereocenters. The van der Waals surface area contributed by atoms with Crippen molar-refractivity contribution in [2.45, 2.75) is 12.5 Å². The molecule has 0 spiro atoms. The highest BCUT2D eigenvalue weighted by molar-refractivity contribution is 5.58. The maximum atomic E-state index is 9.89. The molecule has 1 radical (unpaired) electrons. The van der Waals surface area contributed by atoms with Gasteiger partial charge in [-0.2, -0.15) is 0 Å². The highest BCUT2D eigenvalue weighted by Crippen LogP contribution is 1.84. The third-order valence-electron chi connectivity index (χ3n) is 0.893. The van der Waals surface area contributed by atoms with E-state index >= 15 is 0 Å². The van der Waals surface area contributed by atoms with Gasteiger partial charge in [0.05, 0.1) is 6.04 Å². The first-order valence-electron chi connectivity index (χ1n) is 2.51. The summed E-state index contributed by atoms with van der Waals surface area (Å²) >= 11 is 0. The maximum absolute atomic E-state index is 9.89. The van der Waals surface area contributed by atoms with Crippen LogP contribution in [0.25, 0.3) is 0 Å². The van der Waals surface area contributed by atoms with Gasteiger partial charge in [0.25, 0.3) is 0 Å². The summed E-state index contributed by atoms with van der Waals surface area (Å²) in [6, 6.07) is -0.174. The number of rotatable bonds is 4. The van der Waals surface area contributed by atoms with E-state index in [-0.39, 0.29) is 6.04 Å². The third-order valence-corrected chi connectivity index (χ3v) is 0.893. The molecule has 45 valence electrons. The summed E-state index contributed by atoms with van der Waals surface area (Å²) in [5.74, 6) is 0. The van der Waals surface area contributed by atoms with Crippen LogP contribution in [0.15, 0.2) is 12.7 Å². The summed E-state index contributed by atoms with van der Waals surface area (Å²) in [7, 11) is 1.72. The van der Waals surface area contributed by atoms with Gasteiger partial charge < -0.3 is 5.32 Å². The summed E-state index contributed by atoms with van der Waals surface area (Å²) < 4.78 is 0. The van der Waals surface area contributed by atoms with Crippen LogP contribution >= 0.6 is 0 Å². The van der Waals surface area contributed by atoms with Gasteiger partial charge in [0.2, 0.25) is 6.29 Å². The van der Waals surface area contributed by atoms with Gasteiger partial charge >= 0.3 is 0 Å². The second-order valence-corrected chi connectivity index (χ2v) is 1.48. The molecule has 0 saturated heterocycles. The van der Waals surface area contributed by atoms with Crippen molar-refractivity contribution in [1.82, 2.24) is 5.32 Å². The molecule has 1 unspecified atom stereocenters. The van der Waals surface area contributed by atoms with Crippen LogP contribution in [0, 0.1) is 0 Å². The molecule has 0 aliphatic rings. The summed E-state index contributed by atoms with van der Waals surface area (Å²) in [6.45, 7) is 3.48. The van der Waals surface area contributed by atoms with Crippen molar-refractivity contribution in [2.24, 2.45) is 0 Å². The van der Waals surface area contributed by atoms with Crippen LogP contribution in [-0.4, -0.2) is 19.4 Å². The summed E-state index contributed by atoms with van der Waals surface area (Å²) in [5.41, 5.74) is 0. The van der Waals surface area contributed by atoms with Gasteiger partial charge in [-0.1, -0.05) is 6.08 Å². The first kappa shape index (κ1) is 7.37. The van der Waals surface area contributed by atoms with Gasteiger partial charge in [0, 0.05) is 0 Å². The van der Waals surface area contributed by atoms with Gasteiger partial charge in [-0.3, -0.25) is 4.79 Å². The van der Waals surface area contributed by atoms with Crippen molar-refractivity contribution in [3.63, 3.8) is 0 Å². The molecule has 2 heteroatoms. The van der Waals surface area contributed by atoms with Crippen LogP contribution in [0.4, 0.5) is 0 Å². The Morgan fingerprint density at radius 1 is 2.00 bits per heavy atom. The zero-order chi connectivity index (χ0) is 6.41. The zero-order valence-corrected chi connectivity index (χ0v) is 4.98. The van der Waals surface area contributed by atoms with Gasteiger partial charge in [0.1, 0.15) is 0 Å². The molecule has 0 aliphatic heterocycles. The van der Waals surface area contributed by atoms with E-state index in [9.17, 15) is 4.79 Å². The Bertz CT molecular complexity index is 80.6. The predicted octanol–water partition coefficient (Wildman–Crippen LogP) is 0.260. The Balaban J connectivity index is 3.35. The monoisotopic (exact) mass is 112 g/mol. The Labute approximate surface area is 49.6 Å². The van der Waals surface area contributed by atoms with Crippen LogP contribution in [0.3, 0.4) is 0 Å². The largest absolute Gasteiger partial charge is 0.310 e. The first-order valence-corrected chi connectivity index (χ1v) is 2.51. The Morgan fingerprint density at radius 2 is 2.62 bits per heavy atom. The molecule has 0 saturated carbocycles. The third kappa shape index (κ3) is 2.53. The molecule has 0 aromatic rings. The summed E-state index contributed by atoms with van der Waals surface area (Å²) in [4.78, 5) is 9.89. The van der Waals surface area contributed by atoms with Crippen molar-refractivity contribution in [1.29, 1.82) is 0 Å². The average molecular weight is 112 g/mol. The highest BCUT2D eigenvalue weighted by atomic mass is 16.1. The fourth-order valence-corrected chi connectivity index (χ4v) is 0.392. The van der Waals surface area contributed by atoms with Crippen molar-refractivity contribution in [2.75, 3.05) is 7.05 Å². The molecule has 0 bridgehead atoms. The lowest BCUT2D eigenvalue weighted by atomic mass is 10.2. The second-order valence-electron chi connectivity index (χ2n) is 1.48. The lowest BCUT2D eigenvalue weighted by molar-refractivity contribution is 0.528. The molecule has 0 aromatic heterocycles. The van der Waals surface area contributed by atoms with Crippen LogP contribution in [-0.2, 0) is 4.79 Å². The van der Waals surface area contributed by atoms with E-state index in [1.807, 2.05) is 6.29 Å². The topological polar surface area (TPSA) is 29.1 Å².